The molecule has 0 amide bonds. The molecule has 0 atom stereocenters. The SMILES string of the molecule is N#CCSC1=NC=N[NH2+]1. The van der Waals surface area contributed by atoms with Gasteiger partial charge in [-0.25, -0.2) is 0 Å². The quantitative estimate of drug-likeness (QED) is 0.482. The molecule has 0 unspecified atom stereocenters. The first-order chi connectivity index (χ1) is 4.43. The van der Waals surface area contributed by atoms with Crippen molar-refractivity contribution in [3.8, 4) is 6.07 Å². The van der Waals surface area contributed by atoms with Crippen LogP contribution in [0.15, 0.2) is 10.1 Å². The predicted molar refractivity (Wildman–Crippen MR) is 35.9 cm³/mol. The number of nitrogens with zero attached hydrogens (tertiary/aromatic N) is 3. The van der Waals surface area contributed by atoms with Crippen LogP contribution in [-0.4, -0.2) is 17.3 Å². The van der Waals surface area contributed by atoms with Gasteiger partial charge in [-0.05, 0) is 11.8 Å². The maximum atomic E-state index is 8.15. The first-order valence-corrected chi connectivity index (χ1v) is 3.34. The molecule has 46 valence electrons. The molecule has 5 heteroatoms. The van der Waals surface area contributed by atoms with Crippen LogP contribution in [0.25, 0.3) is 0 Å². The van der Waals surface area contributed by atoms with Crippen molar-refractivity contribution in [1.82, 2.24) is 0 Å². The second kappa shape index (κ2) is 3.22. The van der Waals surface area contributed by atoms with Crippen LogP contribution in [0.1, 0.15) is 0 Å². The predicted octanol–water partition coefficient (Wildman–Crippen LogP) is -0.881. The van der Waals surface area contributed by atoms with Crippen LogP contribution in [0.4, 0.5) is 0 Å². The molecule has 0 saturated heterocycles. The molecular formula is C4H5N4S+. The smallest absolute Gasteiger partial charge is 0.197 e. The van der Waals surface area contributed by atoms with E-state index in [0.717, 1.165) is 5.17 Å². The van der Waals surface area contributed by atoms with Crippen LogP contribution in [-0.2, 0) is 0 Å². The number of hydrogen-bond acceptors (Lipinski definition) is 4. The molecule has 0 saturated carbocycles. The molecule has 1 rings (SSSR count). The van der Waals surface area contributed by atoms with Gasteiger partial charge in [0.05, 0.1) is 11.8 Å². The van der Waals surface area contributed by atoms with E-state index < -0.39 is 0 Å². The third-order valence-electron chi connectivity index (χ3n) is 0.721. The van der Waals surface area contributed by atoms with E-state index in [1.165, 1.54) is 18.1 Å². The van der Waals surface area contributed by atoms with E-state index in [1.54, 1.807) is 5.43 Å². The number of amidine groups is 1. The van der Waals surface area contributed by atoms with Crippen molar-refractivity contribution in [3.63, 3.8) is 0 Å². The lowest BCUT2D eigenvalue weighted by Crippen LogP contribution is -2.79. The van der Waals surface area contributed by atoms with E-state index in [9.17, 15) is 0 Å². The second-order valence-electron chi connectivity index (χ2n) is 1.31. The molecular weight excluding hydrogens is 136 g/mol. The monoisotopic (exact) mass is 141 g/mol. The molecule has 0 aromatic carbocycles. The number of rotatable bonds is 1. The standard InChI is InChI=1S/C4H4N4S/c5-1-2-9-4-6-3-7-8-4/h3H,2H2,(H,6,7,8)/p+1. The molecule has 2 N–H and O–H groups in total. The van der Waals surface area contributed by atoms with Crippen LogP contribution >= 0.6 is 11.8 Å². The summed E-state index contributed by atoms with van der Waals surface area (Å²) in [5.41, 5.74) is 1.64. The van der Waals surface area contributed by atoms with Gasteiger partial charge in [0.2, 0.25) is 0 Å². The Kier molecular flexibility index (Phi) is 2.24. The Morgan fingerprint density at radius 2 is 2.78 bits per heavy atom. The summed E-state index contributed by atoms with van der Waals surface area (Å²) in [5.74, 6) is 0.443. The highest BCUT2D eigenvalue weighted by Gasteiger charge is 2.05. The maximum absolute atomic E-state index is 8.15. The molecule has 0 bridgehead atoms. The lowest BCUT2D eigenvalue weighted by Gasteiger charge is -1.84. The molecule has 0 aromatic heterocycles. The fourth-order valence-electron chi connectivity index (χ4n) is 0.401. The fourth-order valence-corrected chi connectivity index (χ4v) is 0.871. The lowest BCUT2D eigenvalue weighted by molar-refractivity contribution is -0.535. The van der Waals surface area contributed by atoms with Gasteiger partial charge in [0.1, 0.15) is 0 Å². The molecule has 9 heavy (non-hydrogen) atoms. The Labute approximate surface area is 56.7 Å². The minimum atomic E-state index is 0.443. The Bertz CT molecular complexity index is 189. The summed E-state index contributed by atoms with van der Waals surface area (Å²) in [7, 11) is 0. The Morgan fingerprint density at radius 3 is 3.33 bits per heavy atom. The van der Waals surface area contributed by atoms with Gasteiger partial charge in [0.25, 0.3) is 5.17 Å². The first-order valence-electron chi connectivity index (χ1n) is 2.36. The zero-order valence-corrected chi connectivity index (χ0v) is 5.43. The lowest BCUT2D eigenvalue weighted by atomic mass is 10.9. The summed E-state index contributed by atoms with van der Waals surface area (Å²) in [6.45, 7) is 0. The Morgan fingerprint density at radius 1 is 1.89 bits per heavy atom. The molecule has 0 aliphatic carbocycles. The summed E-state index contributed by atoms with van der Waals surface area (Å²) in [6.07, 6.45) is 1.47. The van der Waals surface area contributed by atoms with Crippen LogP contribution in [0.2, 0.25) is 0 Å². The van der Waals surface area contributed by atoms with E-state index in [1.807, 2.05) is 6.07 Å². The van der Waals surface area contributed by atoms with Gasteiger partial charge in [-0.1, -0.05) is 5.10 Å². The number of nitriles is 1. The van der Waals surface area contributed by atoms with Crippen LogP contribution in [0.3, 0.4) is 0 Å². The number of quaternary nitrogens is 1. The summed E-state index contributed by atoms with van der Waals surface area (Å²) in [5, 5.41) is 12.7. The average molecular weight is 141 g/mol. The molecule has 0 aromatic rings. The molecule has 0 fully saturated rings. The third-order valence-corrected chi connectivity index (χ3v) is 1.50. The number of thioether (sulfide) groups is 1. The minimum absolute atomic E-state index is 0.443. The van der Waals surface area contributed by atoms with Gasteiger partial charge >= 0.3 is 0 Å². The zero-order chi connectivity index (χ0) is 6.53. The number of hydrogen-bond donors (Lipinski definition) is 1. The van der Waals surface area contributed by atoms with Gasteiger partial charge in [0, 0.05) is 0 Å². The minimum Gasteiger partial charge on any atom is -0.197 e. The van der Waals surface area contributed by atoms with E-state index >= 15 is 0 Å². The summed E-state index contributed by atoms with van der Waals surface area (Å²) in [6, 6.07) is 2.00. The van der Waals surface area contributed by atoms with Crippen molar-refractivity contribution in [1.29, 1.82) is 5.26 Å². The van der Waals surface area contributed by atoms with Crippen LogP contribution in [0, 0.1) is 11.3 Å². The van der Waals surface area contributed by atoms with Crippen molar-refractivity contribution in [2.75, 3.05) is 5.75 Å². The van der Waals surface area contributed by atoms with E-state index in [2.05, 4.69) is 10.1 Å². The molecule has 1 aliphatic rings. The Balaban J connectivity index is 2.24. The largest absolute Gasteiger partial charge is 0.289 e. The second-order valence-corrected chi connectivity index (χ2v) is 2.30. The molecule has 4 nitrogen and oxygen atoms in total. The highest BCUT2D eigenvalue weighted by atomic mass is 32.2. The van der Waals surface area contributed by atoms with Crippen LogP contribution < -0.4 is 5.43 Å². The molecule has 0 spiro atoms. The topological polar surface area (TPSA) is 65.1 Å². The first kappa shape index (κ1) is 6.26. The zero-order valence-electron chi connectivity index (χ0n) is 4.61. The average Bonchev–Trinajstić information content (AvgIpc) is 2.34. The van der Waals surface area contributed by atoms with Crippen molar-refractivity contribution < 1.29 is 5.43 Å². The highest BCUT2D eigenvalue weighted by Crippen LogP contribution is 1.96. The van der Waals surface area contributed by atoms with Crippen molar-refractivity contribution in [3.05, 3.63) is 0 Å². The van der Waals surface area contributed by atoms with Gasteiger partial charge in [-0.2, -0.15) is 15.7 Å². The number of aliphatic imine (C=N–C) groups is 1. The van der Waals surface area contributed by atoms with E-state index in [-0.39, 0.29) is 0 Å². The fraction of sp³-hybridized carbons (Fsp3) is 0.250. The van der Waals surface area contributed by atoms with Crippen molar-refractivity contribution >= 4 is 23.3 Å². The highest BCUT2D eigenvalue weighted by molar-refractivity contribution is 8.13. The van der Waals surface area contributed by atoms with E-state index in [4.69, 9.17) is 5.26 Å². The maximum Gasteiger partial charge on any atom is 0.289 e. The molecule has 1 heterocycles. The third kappa shape index (κ3) is 1.83. The van der Waals surface area contributed by atoms with Crippen molar-refractivity contribution in [2.24, 2.45) is 10.1 Å². The summed E-state index contributed by atoms with van der Waals surface area (Å²) < 4.78 is 0. The summed E-state index contributed by atoms with van der Waals surface area (Å²) in [4.78, 5) is 3.85. The van der Waals surface area contributed by atoms with Crippen LogP contribution in [0.5, 0.6) is 0 Å². The Hall–Kier alpha value is -0.860. The summed E-state index contributed by atoms with van der Waals surface area (Å²) >= 11 is 1.39. The van der Waals surface area contributed by atoms with Gasteiger partial charge in [-0.3, -0.25) is 0 Å². The van der Waals surface area contributed by atoms with Gasteiger partial charge in [0.15, 0.2) is 6.34 Å². The van der Waals surface area contributed by atoms with Crippen molar-refractivity contribution in [2.45, 2.75) is 0 Å². The van der Waals surface area contributed by atoms with Gasteiger partial charge in [-0.15, -0.1) is 0 Å². The van der Waals surface area contributed by atoms with Gasteiger partial charge < -0.3 is 0 Å². The molecule has 1 aliphatic heterocycles. The van der Waals surface area contributed by atoms with E-state index in [0.29, 0.717) is 5.75 Å². The normalized spacial score (nSPS) is 15.2. The molecule has 0 radical (unpaired) electrons. The number of nitrogens with two attached hydrogens (primary N) is 1.